The van der Waals surface area contributed by atoms with Gasteiger partial charge in [-0.1, -0.05) is 54.6 Å². The quantitative estimate of drug-likeness (QED) is 0.374. The number of hydrogen-bond acceptors (Lipinski definition) is 3. The monoisotopic (exact) mass is 358 g/mol. The minimum Gasteiger partial charge on any atom is -0.341 e. The van der Waals surface area contributed by atoms with Crippen molar-refractivity contribution >= 4 is 22.3 Å². The Bertz CT molecular complexity index is 939. The van der Waals surface area contributed by atoms with Crippen LogP contribution in [0.1, 0.15) is 18.4 Å². The van der Waals surface area contributed by atoms with Crippen LogP contribution >= 0.6 is 0 Å². The number of rotatable bonds is 2. The van der Waals surface area contributed by atoms with E-state index in [0.29, 0.717) is 29.8 Å². The lowest BCUT2D eigenvalue weighted by atomic mass is 9.70. The van der Waals surface area contributed by atoms with Crippen LogP contribution in [0.3, 0.4) is 0 Å². The van der Waals surface area contributed by atoms with Crippen LogP contribution in [0.25, 0.3) is 10.8 Å². The second-order valence-electron chi connectivity index (χ2n) is 7.98. The third-order valence-corrected chi connectivity index (χ3v) is 6.31. The number of allylic oxidation sites excluding steroid dienone is 2. The van der Waals surface area contributed by atoms with Crippen molar-refractivity contribution in [2.45, 2.75) is 38.0 Å². The molecular weight excluding hydrogens is 332 g/mol. The van der Waals surface area contributed by atoms with E-state index in [2.05, 4.69) is 83.6 Å². The largest absolute Gasteiger partial charge is 0.341 e. The molecule has 27 heavy (non-hydrogen) atoms. The minimum absolute atomic E-state index is 0.162. The van der Waals surface area contributed by atoms with Gasteiger partial charge in [-0.25, -0.2) is 0 Å². The smallest absolute Gasteiger partial charge is 0.130 e. The molecule has 5 rings (SSSR count). The Kier molecular flexibility index (Phi) is 4.10. The van der Waals surface area contributed by atoms with E-state index in [-0.39, 0.29) is 6.17 Å². The molecule has 0 saturated carbocycles. The highest BCUT2D eigenvalue weighted by atomic mass is 15.2. The molecule has 2 aromatic carbocycles. The maximum absolute atomic E-state index is 8.73. The van der Waals surface area contributed by atoms with Crippen LogP contribution < -0.4 is 16.0 Å². The van der Waals surface area contributed by atoms with Gasteiger partial charge in [-0.15, -0.1) is 0 Å². The molecule has 1 saturated heterocycles. The first kappa shape index (κ1) is 16.7. The standard InChI is InChI=1S/C23H26N4/c1-14-6-2-7-15-8-3-11-17(20(14)15)25-22(24)23-26-18-12-4-9-16-10-5-13-19(27-23)21(16)18/h2-9,11,13,16,18-19,21,23,26-27H,10,12H2,1H3,(H2,24,25). The minimum atomic E-state index is -0.162. The maximum Gasteiger partial charge on any atom is 0.130 e. The molecule has 1 fully saturated rings. The van der Waals surface area contributed by atoms with Crippen molar-refractivity contribution in [2.75, 3.05) is 5.32 Å². The van der Waals surface area contributed by atoms with Gasteiger partial charge in [0.25, 0.3) is 0 Å². The Hall–Kier alpha value is -2.43. The summed E-state index contributed by atoms with van der Waals surface area (Å²) in [7, 11) is 0. The summed E-state index contributed by atoms with van der Waals surface area (Å²) in [6, 6.07) is 13.3. The van der Waals surface area contributed by atoms with Gasteiger partial charge in [-0.05, 0) is 42.7 Å². The van der Waals surface area contributed by atoms with E-state index in [1.807, 2.05) is 0 Å². The van der Waals surface area contributed by atoms with E-state index in [9.17, 15) is 0 Å². The molecule has 4 nitrogen and oxygen atoms in total. The highest BCUT2D eigenvalue weighted by molar-refractivity contribution is 6.06. The number of amidine groups is 1. The third kappa shape index (κ3) is 2.89. The number of aryl methyl sites for hydroxylation is 1. The zero-order chi connectivity index (χ0) is 18.4. The average molecular weight is 358 g/mol. The van der Waals surface area contributed by atoms with Crippen molar-refractivity contribution in [3.05, 3.63) is 66.3 Å². The molecule has 1 heterocycles. The van der Waals surface area contributed by atoms with Crippen LogP contribution in [0.2, 0.25) is 0 Å². The molecule has 5 atom stereocenters. The van der Waals surface area contributed by atoms with E-state index in [0.717, 1.165) is 18.5 Å². The molecule has 5 unspecified atom stereocenters. The molecule has 0 radical (unpaired) electrons. The van der Waals surface area contributed by atoms with E-state index in [1.54, 1.807) is 0 Å². The van der Waals surface area contributed by atoms with Gasteiger partial charge in [0.15, 0.2) is 0 Å². The van der Waals surface area contributed by atoms with Gasteiger partial charge in [-0.3, -0.25) is 16.0 Å². The number of nitrogens with one attached hydrogen (secondary N) is 4. The van der Waals surface area contributed by atoms with E-state index >= 15 is 0 Å². The first-order valence-corrected chi connectivity index (χ1v) is 9.90. The zero-order valence-electron chi connectivity index (χ0n) is 15.6. The van der Waals surface area contributed by atoms with Crippen LogP contribution in [0, 0.1) is 24.2 Å². The summed E-state index contributed by atoms with van der Waals surface area (Å²) >= 11 is 0. The van der Waals surface area contributed by atoms with Crippen LogP contribution in [-0.4, -0.2) is 24.1 Å². The lowest BCUT2D eigenvalue weighted by Crippen LogP contribution is -2.68. The predicted molar refractivity (Wildman–Crippen MR) is 112 cm³/mol. The van der Waals surface area contributed by atoms with Gasteiger partial charge >= 0.3 is 0 Å². The van der Waals surface area contributed by atoms with E-state index in [1.165, 1.54) is 16.3 Å². The Labute approximate surface area is 160 Å². The Morgan fingerprint density at radius 2 is 1.85 bits per heavy atom. The molecule has 1 aliphatic heterocycles. The fourth-order valence-corrected chi connectivity index (χ4v) is 5.06. The molecule has 3 aliphatic rings. The highest BCUT2D eigenvalue weighted by Crippen LogP contribution is 2.36. The number of hydrogen-bond donors (Lipinski definition) is 4. The van der Waals surface area contributed by atoms with E-state index in [4.69, 9.17) is 5.41 Å². The maximum atomic E-state index is 8.73. The summed E-state index contributed by atoms with van der Waals surface area (Å²) in [5.41, 5.74) is 2.23. The second kappa shape index (κ2) is 6.63. The molecule has 0 spiro atoms. The molecule has 138 valence electrons. The SMILES string of the molecule is Cc1cccc2cccc(NC(=N)C3NC4C=CCC5C=CCC(N3)C54)c12. The summed E-state index contributed by atoms with van der Waals surface area (Å²) in [6.45, 7) is 2.13. The van der Waals surface area contributed by atoms with Crippen molar-refractivity contribution in [1.82, 2.24) is 10.6 Å². The first-order valence-electron chi connectivity index (χ1n) is 9.90. The zero-order valence-corrected chi connectivity index (χ0v) is 15.6. The van der Waals surface area contributed by atoms with Gasteiger partial charge < -0.3 is 5.32 Å². The van der Waals surface area contributed by atoms with Gasteiger partial charge in [-0.2, -0.15) is 0 Å². The molecule has 2 aromatic rings. The molecule has 4 N–H and O–H groups in total. The van der Waals surface area contributed by atoms with Gasteiger partial charge in [0.1, 0.15) is 12.0 Å². The van der Waals surface area contributed by atoms with Crippen molar-refractivity contribution in [1.29, 1.82) is 5.41 Å². The van der Waals surface area contributed by atoms with Gasteiger partial charge in [0.2, 0.25) is 0 Å². The van der Waals surface area contributed by atoms with Crippen molar-refractivity contribution in [3.8, 4) is 0 Å². The molecule has 0 bridgehead atoms. The van der Waals surface area contributed by atoms with Gasteiger partial charge in [0, 0.05) is 29.1 Å². The fraction of sp³-hybridized carbons (Fsp3) is 0.348. The van der Waals surface area contributed by atoms with Crippen LogP contribution in [0.15, 0.2) is 60.7 Å². The van der Waals surface area contributed by atoms with Gasteiger partial charge in [0.05, 0.1) is 0 Å². The number of fused-ring (bicyclic) bond motifs is 1. The average Bonchev–Trinajstić information content (AvgIpc) is 2.68. The first-order chi connectivity index (χ1) is 13.2. The second-order valence-corrected chi connectivity index (χ2v) is 7.98. The van der Waals surface area contributed by atoms with Crippen molar-refractivity contribution in [3.63, 3.8) is 0 Å². The summed E-state index contributed by atoms with van der Waals surface area (Å²) < 4.78 is 0. The fourth-order valence-electron chi connectivity index (χ4n) is 5.06. The summed E-state index contributed by atoms with van der Waals surface area (Å²) in [6.07, 6.45) is 11.3. The lowest BCUT2D eigenvalue weighted by Gasteiger charge is -2.48. The normalized spacial score (nSPS) is 31.5. The molecular formula is C23H26N4. The number of anilines is 1. The molecule has 0 amide bonds. The lowest BCUT2D eigenvalue weighted by molar-refractivity contribution is 0.157. The summed E-state index contributed by atoms with van der Waals surface area (Å²) in [5, 5.41) is 21.8. The molecule has 0 aromatic heterocycles. The Morgan fingerprint density at radius 1 is 1.04 bits per heavy atom. The topological polar surface area (TPSA) is 59.9 Å². The summed E-state index contributed by atoms with van der Waals surface area (Å²) in [4.78, 5) is 0. The van der Waals surface area contributed by atoms with Crippen LogP contribution in [0.4, 0.5) is 5.69 Å². The molecule has 4 heteroatoms. The van der Waals surface area contributed by atoms with Crippen LogP contribution in [0.5, 0.6) is 0 Å². The van der Waals surface area contributed by atoms with Crippen molar-refractivity contribution < 1.29 is 0 Å². The number of benzene rings is 2. The van der Waals surface area contributed by atoms with Crippen LogP contribution in [-0.2, 0) is 0 Å². The predicted octanol–water partition coefficient (Wildman–Crippen LogP) is 3.95. The Balaban J connectivity index is 1.40. The Morgan fingerprint density at radius 3 is 2.74 bits per heavy atom. The third-order valence-electron chi connectivity index (χ3n) is 6.31. The summed E-state index contributed by atoms with van der Waals surface area (Å²) in [5.74, 6) is 1.68. The molecule has 2 aliphatic carbocycles. The van der Waals surface area contributed by atoms with Crippen molar-refractivity contribution in [2.24, 2.45) is 11.8 Å². The van der Waals surface area contributed by atoms with E-state index < -0.39 is 0 Å². The highest BCUT2D eigenvalue weighted by Gasteiger charge is 2.42.